The van der Waals surface area contributed by atoms with Gasteiger partial charge in [0, 0.05) is 26.3 Å². The maximum Gasteiger partial charge on any atom is 0.332 e. The zero-order chi connectivity index (χ0) is 22.0. The summed E-state index contributed by atoms with van der Waals surface area (Å²) >= 11 is 1.18. The van der Waals surface area contributed by atoms with Gasteiger partial charge in [0.2, 0.25) is 5.91 Å². The van der Waals surface area contributed by atoms with Gasteiger partial charge >= 0.3 is 5.69 Å². The van der Waals surface area contributed by atoms with E-state index in [9.17, 15) is 14.4 Å². The first kappa shape index (κ1) is 21.8. The summed E-state index contributed by atoms with van der Waals surface area (Å²) in [7, 11) is 3.16. The molecule has 9 heteroatoms. The van der Waals surface area contributed by atoms with Crippen LogP contribution in [0.15, 0.2) is 44.9 Å². The summed E-state index contributed by atoms with van der Waals surface area (Å²) in [6.07, 6.45) is 0. The van der Waals surface area contributed by atoms with Crippen molar-refractivity contribution >= 4 is 34.4 Å². The molecule has 3 rings (SSSR count). The molecular weight excluding hydrogens is 402 g/mol. The predicted molar refractivity (Wildman–Crippen MR) is 119 cm³/mol. The molecule has 0 unspecified atom stereocenters. The third-order valence-corrected chi connectivity index (χ3v) is 5.62. The Bertz CT molecular complexity index is 1200. The second kappa shape index (κ2) is 8.83. The van der Waals surface area contributed by atoms with E-state index in [1.54, 1.807) is 18.9 Å². The van der Waals surface area contributed by atoms with Crippen molar-refractivity contribution in [2.24, 2.45) is 13.0 Å². The van der Waals surface area contributed by atoms with Gasteiger partial charge in [-0.1, -0.05) is 43.8 Å². The molecule has 0 fully saturated rings. The molecule has 0 radical (unpaired) electrons. The van der Waals surface area contributed by atoms with Gasteiger partial charge in [-0.25, -0.2) is 14.8 Å². The molecule has 1 amide bonds. The van der Waals surface area contributed by atoms with E-state index in [-0.39, 0.29) is 23.0 Å². The molecule has 158 valence electrons. The van der Waals surface area contributed by atoms with E-state index in [0.29, 0.717) is 23.0 Å². The first-order valence-electron chi connectivity index (χ1n) is 9.63. The number of carbonyl (C=O) groups is 1. The minimum absolute atomic E-state index is 0.101. The highest BCUT2D eigenvalue weighted by atomic mass is 32.2. The predicted octanol–water partition coefficient (Wildman–Crippen LogP) is 2.21. The number of hydrogen-bond acceptors (Lipinski definition) is 6. The van der Waals surface area contributed by atoms with E-state index in [1.807, 2.05) is 44.2 Å². The van der Waals surface area contributed by atoms with Crippen LogP contribution in [0.3, 0.4) is 0 Å². The van der Waals surface area contributed by atoms with Crippen LogP contribution in [-0.2, 0) is 18.4 Å². The lowest BCUT2D eigenvalue weighted by Gasteiger charge is -2.18. The quantitative estimate of drug-likeness (QED) is 0.443. The molecule has 8 nitrogen and oxygen atoms in total. The molecule has 2 heterocycles. The number of nitrogens with zero attached hydrogens (tertiary/aromatic N) is 5. The van der Waals surface area contributed by atoms with Gasteiger partial charge in [0.25, 0.3) is 5.56 Å². The van der Waals surface area contributed by atoms with Crippen LogP contribution in [0.4, 0.5) is 5.69 Å². The van der Waals surface area contributed by atoms with Crippen molar-refractivity contribution in [3.8, 4) is 0 Å². The average Bonchev–Trinajstić information content (AvgIpc) is 2.72. The molecule has 0 saturated carbocycles. The van der Waals surface area contributed by atoms with Crippen molar-refractivity contribution in [2.75, 3.05) is 17.7 Å². The van der Waals surface area contributed by atoms with Crippen molar-refractivity contribution in [1.29, 1.82) is 0 Å². The molecule has 30 heavy (non-hydrogen) atoms. The number of anilines is 1. The summed E-state index contributed by atoms with van der Waals surface area (Å²) in [5, 5.41) is 0.675. The summed E-state index contributed by atoms with van der Waals surface area (Å²) in [6.45, 7) is 6.12. The van der Waals surface area contributed by atoms with Crippen molar-refractivity contribution in [1.82, 2.24) is 19.1 Å². The molecule has 0 aliphatic carbocycles. The number of hydrogen-bond donors (Lipinski definition) is 0. The number of fused-ring (bicyclic) bond motifs is 1. The molecule has 0 aliphatic heterocycles. The van der Waals surface area contributed by atoms with Gasteiger partial charge in [-0.2, -0.15) is 0 Å². The maximum atomic E-state index is 12.9. The molecule has 3 aromatic rings. The van der Waals surface area contributed by atoms with E-state index in [0.717, 1.165) is 10.3 Å². The molecule has 0 atom stereocenters. The maximum absolute atomic E-state index is 12.9. The van der Waals surface area contributed by atoms with Gasteiger partial charge in [-0.3, -0.25) is 18.7 Å². The Morgan fingerprint density at radius 1 is 1.17 bits per heavy atom. The van der Waals surface area contributed by atoms with Crippen molar-refractivity contribution < 1.29 is 4.79 Å². The molecule has 0 N–H and O–H groups in total. The molecule has 0 aliphatic rings. The fraction of sp³-hybridized carbons (Fsp3) is 0.381. The molecule has 0 bridgehead atoms. The zero-order valence-corrected chi connectivity index (χ0v) is 18.6. The lowest BCUT2D eigenvalue weighted by molar-refractivity contribution is -0.115. The average molecular weight is 428 g/mol. The summed E-state index contributed by atoms with van der Waals surface area (Å²) in [4.78, 5) is 48.6. The van der Waals surface area contributed by atoms with Gasteiger partial charge in [-0.15, -0.1) is 0 Å². The fourth-order valence-electron chi connectivity index (χ4n) is 3.10. The van der Waals surface area contributed by atoms with Gasteiger partial charge < -0.3 is 4.90 Å². The van der Waals surface area contributed by atoms with Crippen LogP contribution >= 0.6 is 11.8 Å². The number of para-hydroxylation sites is 1. The molecular formula is C21H25N5O3S. The SMILES string of the molecule is Cc1nc(SCC(=O)N(C)c2ccccc2)c2c(=O)n(C)c(=O)n(CC(C)C)c2n1. The number of aryl methyl sites for hydroxylation is 1. The standard InChI is InChI=1S/C21H25N5O3S/c1-13(2)11-26-18-17(20(28)25(5)21(26)29)19(23-14(3)22-18)30-12-16(27)24(4)15-9-7-6-8-10-15/h6-10,13H,11-12H2,1-5H3. The topological polar surface area (TPSA) is 90.1 Å². The Morgan fingerprint density at radius 3 is 2.47 bits per heavy atom. The number of carbonyl (C=O) groups excluding carboxylic acids is 1. The van der Waals surface area contributed by atoms with Crippen LogP contribution in [0.25, 0.3) is 11.0 Å². The smallest absolute Gasteiger partial charge is 0.315 e. The highest BCUT2D eigenvalue weighted by Crippen LogP contribution is 2.24. The minimum atomic E-state index is -0.457. The summed E-state index contributed by atoms with van der Waals surface area (Å²) < 4.78 is 2.59. The van der Waals surface area contributed by atoms with Crippen LogP contribution in [0, 0.1) is 12.8 Å². The molecule has 0 saturated heterocycles. The molecule has 2 aromatic heterocycles. The van der Waals surface area contributed by atoms with Crippen LogP contribution in [0.1, 0.15) is 19.7 Å². The lowest BCUT2D eigenvalue weighted by atomic mass is 10.2. The second-order valence-corrected chi connectivity index (χ2v) is 8.47. The second-order valence-electron chi connectivity index (χ2n) is 7.50. The van der Waals surface area contributed by atoms with Crippen LogP contribution < -0.4 is 16.1 Å². The Labute approximate surface area is 178 Å². The third-order valence-electron chi connectivity index (χ3n) is 4.66. The Kier molecular flexibility index (Phi) is 6.40. The normalized spacial score (nSPS) is 11.3. The monoisotopic (exact) mass is 427 g/mol. The minimum Gasteiger partial charge on any atom is -0.315 e. The van der Waals surface area contributed by atoms with Crippen molar-refractivity contribution in [3.05, 3.63) is 57.0 Å². The molecule has 1 aromatic carbocycles. The van der Waals surface area contributed by atoms with E-state index in [4.69, 9.17) is 0 Å². The van der Waals surface area contributed by atoms with E-state index >= 15 is 0 Å². The third kappa shape index (κ3) is 4.30. The highest BCUT2D eigenvalue weighted by molar-refractivity contribution is 8.00. The van der Waals surface area contributed by atoms with Gasteiger partial charge in [0.15, 0.2) is 5.65 Å². The number of benzene rings is 1. The number of amides is 1. The zero-order valence-electron chi connectivity index (χ0n) is 17.7. The van der Waals surface area contributed by atoms with Crippen molar-refractivity contribution in [2.45, 2.75) is 32.3 Å². The van der Waals surface area contributed by atoms with Crippen LogP contribution in [0.5, 0.6) is 0 Å². The van der Waals surface area contributed by atoms with Gasteiger partial charge in [0.05, 0.1) is 5.75 Å². The number of thioether (sulfide) groups is 1. The van der Waals surface area contributed by atoms with Crippen LogP contribution in [0.2, 0.25) is 0 Å². The highest BCUT2D eigenvalue weighted by Gasteiger charge is 2.20. The fourth-order valence-corrected chi connectivity index (χ4v) is 4.07. The van der Waals surface area contributed by atoms with Crippen molar-refractivity contribution in [3.63, 3.8) is 0 Å². The summed E-state index contributed by atoms with van der Waals surface area (Å²) in [5.41, 5.74) is 0.237. The van der Waals surface area contributed by atoms with Gasteiger partial charge in [0.1, 0.15) is 16.2 Å². The largest absolute Gasteiger partial charge is 0.332 e. The molecule has 0 spiro atoms. The Morgan fingerprint density at radius 2 is 1.83 bits per heavy atom. The van der Waals surface area contributed by atoms with E-state index < -0.39 is 11.2 Å². The summed E-state index contributed by atoms with van der Waals surface area (Å²) in [5.74, 6) is 0.612. The first-order chi connectivity index (χ1) is 14.2. The number of rotatable bonds is 6. The Hall–Kier alpha value is -2.94. The Balaban J connectivity index is 2.02. The van der Waals surface area contributed by atoms with Gasteiger partial charge in [-0.05, 0) is 25.0 Å². The van der Waals surface area contributed by atoms with E-state index in [2.05, 4.69) is 9.97 Å². The first-order valence-corrected chi connectivity index (χ1v) is 10.6. The van der Waals surface area contributed by atoms with E-state index in [1.165, 1.54) is 23.4 Å². The van der Waals surface area contributed by atoms with Crippen LogP contribution in [-0.4, -0.2) is 37.8 Å². The number of aromatic nitrogens is 4. The summed E-state index contributed by atoms with van der Waals surface area (Å²) in [6, 6.07) is 9.33. The lowest BCUT2D eigenvalue weighted by Crippen LogP contribution is -2.39.